The number of benzene rings is 2. The molecule has 0 amide bonds. The first-order chi connectivity index (χ1) is 20.2. The summed E-state index contributed by atoms with van der Waals surface area (Å²) in [7, 11) is 3.09. The molecule has 0 aliphatic heterocycles. The summed E-state index contributed by atoms with van der Waals surface area (Å²) in [6.07, 6.45) is 6.70. The minimum Gasteiger partial charge on any atom is -0.493 e. The van der Waals surface area contributed by atoms with Crippen molar-refractivity contribution in [2.45, 2.75) is 44.2 Å². The molecule has 1 saturated carbocycles. The maximum atomic E-state index is 13.0. The molecule has 5 rings (SSSR count). The van der Waals surface area contributed by atoms with E-state index in [1.54, 1.807) is 32.5 Å². The van der Waals surface area contributed by atoms with Crippen LogP contribution in [0.25, 0.3) is 10.9 Å². The number of nitrogens with zero attached hydrogens (tertiary/aromatic N) is 3. The molecule has 1 aliphatic rings. The van der Waals surface area contributed by atoms with Crippen molar-refractivity contribution in [3.63, 3.8) is 0 Å². The standard InChI is InChI=1S/C31H32N6O5/c1-41-26-14-18(12-20-15-35-31(34)36-29(20)33)11-19(28(26)42-2)5-3-17-4-10-23-25(13-17)37(16-24(27(23)38)30(39)40)22-8-6-21(32)7-9-22/h4,10-11,13-16,21-22H,6-9,12,32H2,1-2H3,(H,39,40)(H4,33,34,35,36)/t21-,22-. The molecule has 216 valence electrons. The quantitative estimate of drug-likeness (QED) is 0.252. The van der Waals surface area contributed by atoms with Crippen molar-refractivity contribution in [3.05, 3.63) is 80.8 Å². The lowest BCUT2D eigenvalue weighted by Gasteiger charge is -2.29. The first-order valence-electron chi connectivity index (χ1n) is 13.5. The summed E-state index contributed by atoms with van der Waals surface area (Å²) in [5, 5.41) is 10.0. The van der Waals surface area contributed by atoms with Crippen LogP contribution in [0.5, 0.6) is 11.5 Å². The third-order valence-corrected chi connectivity index (χ3v) is 7.59. The van der Waals surface area contributed by atoms with Crippen molar-refractivity contribution >= 4 is 28.6 Å². The molecule has 2 heterocycles. The molecule has 11 heteroatoms. The largest absolute Gasteiger partial charge is 0.493 e. The Bertz CT molecular complexity index is 1800. The van der Waals surface area contributed by atoms with Crippen LogP contribution in [0.3, 0.4) is 0 Å². The summed E-state index contributed by atoms with van der Waals surface area (Å²) in [4.78, 5) is 33.0. The second kappa shape index (κ2) is 11.8. The fraction of sp³-hybridized carbons (Fsp3) is 0.290. The van der Waals surface area contributed by atoms with Gasteiger partial charge in [0.25, 0.3) is 0 Å². The Morgan fingerprint density at radius 1 is 1.10 bits per heavy atom. The normalized spacial score (nSPS) is 16.5. The molecule has 11 nitrogen and oxygen atoms in total. The van der Waals surface area contributed by atoms with Gasteiger partial charge < -0.3 is 36.3 Å². The Kier molecular flexibility index (Phi) is 7.99. The monoisotopic (exact) mass is 568 g/mol. The molecule has 2 aromatic heterocycles. The van der Waals surface area contributed by atoms with Crippen molar-refractivity contribution < 1.29 is 19.4 Å². The number of pyridine rings is 1. The predicted molar refractivity (Wildman–Crippen MR) is 160 cm³/mol. The maximum Gasteiger partial charge on any atom is 0.341 e. The second-order valence-electron chi connectivity index (χ2n) is 10.3. The van der Waals surface area contributed by atoms with Gasteiger partial charge in [0, 0.05) is 47.4 Å². The van der Waals surface area contributed by atoms with E-state index in [2.05, 4.69) is 21.8 Å². The topological polar surface area (TPSA) is 182 Å². The van der Waals surface area contributed by atoms with E-state index in [1.807, 2.05) is 22.8 Å². The van der Waals surface area contributed by atoms with Crippen molar-refractivity contribution in [1.29, 1.82) is 0 Å². The zero-order valence-electron chi connectivity index (χ0n) is 23.4. The summed E-state index contributed by atoms with van der Waals surface area (Å²) in [5.74, 6) is 6.47. The summed E-state index contributed by atoms with van der Waals surface area (Å²) >= 11 is 0. The van der Waals surface area contributed by atoms with Gasteiger partial charge in [0.05, 0.1) is 25.3 Å². The lowest BCUT2D eigenvalue weighted by atomic mass is 9.91. The molecule has 0 bridgehead atoms. The Hall–Kier alpha value is -5.08. The number of ether oxygens (including phenoxy) is 2. The number of hydrogen-bond acceptors (Lipinski definition) is 9. The van der Waals surface area contributed by atoms with Gasteiger partial charge in [-0.2, -0.15) is 4.98 Å². The van der Waals surface area contributed by atoms with Crippen molar-refractivity contribution in [2.75, 3.05) is 25.7 Å². The molecular formula is C31H32N6O5. The fourth-order valence-electron chi connectivity index (χ4n) is 5.41. The minimum atomic E-state index is -1.25. The molecule has 0 spiro atoms. The van der Waals surface area contributed by atoms with Crippen LogP contribution >= 0.6 is 0 Å². The summed E-state index contributed by atoms with van der Waals surface area (Å²) in [6.45, 7) is 0. The van der Waals surface area contributed by atoms with Gasteiger partial charge in [-0.25, -0.2) is 9.78 Å². The van der Waals surface area contributed by atoms with Crippen LogP contribution < -0.4 is 32.1 Å². The SMILES string of the molecule is COc1cc(Cc2cnc(N)nc2N)cc(C#Cc2ccc3c(=O)c(C(=O)O)cn([C@H]4CC[C@H](N)CC4)c3c2)c1OC. The minimum absolute atomic E-state index is 0.0278. The van der Waals surface area contributed by atoms with Crippen LogP contribution in [0.15, 0.2) is 47.5 Å². The zero-order chi connectivity index (χ0) is 30.0. The number of aromatic carboxylic acids is 1. The number of carboxylic acids is 1. The van der Waals surface area contributed by atoms with Gasteiger partial charge in [0.15, 0.2) is 11.5 Å². The third kappa shape index (κ3) is 5.70. The van der Waals surface area contributed by atoms with Crippen molar-refractivity contribution in [2.24, 2.45) is 5.73 Å². The van der Waals surface area contributed by atoms with Crippen LogP contribution in [0.4, 0.5) is 11.8 Å². The van der Waals surface area contributed by atoms with Gasteiger partial charge in [-0.15, -0.1) is 0 Å². The van der Waals surface area contributed by atoms with E-state index in [4.69, 9.17) is 26.7 Å². The number of nitrogen functional groups attached to an aromatic ring is 2. The predicted octanol–water partition coefficient (Wildman–Crippen LogP) is 3.10. The second-order valence-corrected chi connectivity index (χ2v) is 10.3. The van der Waals surface area contributed by atoms with Gasteiger partial charge in [-0.3, -0.25) is 4.79 Å². The van der Waals surface area contributed by atoms with E-state index >= 15 is 0 Å². The van der Waals surface area contributed by atoms with Gasteiger partial charge >= 0.3 is 5.97 Å². The number of carboxylic acid groups (broad SMARTS) is 1. The molecule has 0 radical (unpaired) electrons. The van der Waals surface area contributed by atoms with Gasteiger partial charge in [0.1, 0.15) is 11.4 Å². The van der Waals surface area contributed by atoms with Gasteiger partial charge in [0.2, 0.25) is 11.4 Å². The Morgan fingerprint density at radius 2 is 1.86 bits per heavy atom. The van der Waals surface area contributed by atoms with Gasteiger partial charge in [-0.1, -0.05) is 11.8 Å². The Balaban J connectivity index is 1.58. The molecule has 42 heavy (non-hydrogen) atoms. The molecule has 0 saturated heterocycles. The number of rotatable bonds is 6. The average molecular weight is 569 g/mol. The van der Waals surface area contributed by atoms with Gasteiger partial charge in [-0.05, 0) is 61.6 Å². The van der Waals surface area contributed by atoms with E-state index in [0.29, 0.717) is 45.5 Å². The number of fused-ring (bicyclic) bond motifs is 1. The van der Waals surface area contributed by atoms with Crippen LogP contribution in [0, 0.1) is 11.8 Å². The fourth-order valence-corrected chi connectivity index (χ4v) is 5.41. The number of aromatic nitrogens is 3. The lowest BCUT2D eigenvalue weighted by molar-refractivity contribution is 0.0694. The van der Waals surface area contributed by atoms with Crippen molar-refractivity contribution in [3.8, 4) is 23.3 Å². The molecular weight excluding hydrogens is 536 g/mol. The van der Waals surface area contributed by atoms with E-state index in [-0.39, 0.29) is 29.4 Å². The lowest BCUT2D eigenvalue weighted by Crippen LogP contribution is -2.29. The Labute approximate surface area is 242 Å². The highest BCUT2D eigenvalue weighted by Crippen LogP contribution is 2.34. The van der Waals surface area contributed by atoms with E-state index in [1.165, 1.54) is 6.20 Å². The molecule has 2 aromatic carbocycles. The third-order valence-electron chi connectivity index (χ3n) is 7.59. The maximum absolute atomic E-state index is 13.0. The van der Waals surface area contributed by atoms with Crippen molar-refractivity contribution in [1.82, 2.24) is 14.5 Å². The van der Waals surface area contributed by atoms with E-state index in [9.17, 15) is 14.7 Å². The number of methoxy groups -OCH3 is 2. The summed E-state index contributed by atoms with van der Waals surface area (Å²) in [5.41, 5.74) is 20.4. The molecule has 7 N–H and O–H groups in total. The zero-order valence-corrected chi connectivity index (χ0v) is 23.4. The number of nitrogens with two attached hydrogens (primary N) is 3. The van der Waals surface area contributed by atoms with E-state index in [0.717, 1.165) is 31.2 Å². The molecule has 1 aliphatic carbocycles. The van der Waals surface area contributed by atoms with Crippen LogP contribution in [0.1, 0.15) is 64.3 Å². The summed E-state index contributed by atoms with van der Waals surface area (Å²) < 4.78 is 13.1. The Morgan fingerprint density at radius 3 is 2.52 bits per heavy atom. The molecule has 1 fully saturated rings. The average Bonchev–Trinajstić information content (AvgIpc) is 2.97. The summed E-state index contributed by atoms with van der Waals surface area (Å²) in [6, 6.07) is 9.04. The smallest absolute Gasteiger partial charge is 0.341 e. The highest BCUT2D eigenvalue weighted by Gasteiger charge is 2.23. The molecule has 4 aromatic rings. The first kappa shape index (κ1) is 28.4. The van der Waals surface area contributed by atoms with Crippen LogP contribution in [-0.2, 0) is 6.42 Å². The van der Waals surface area contributed by atoms with E-state index < -0.39 is 11.4 Å². The molecule has 0 unspecified atom stereocenters. The number of anilines is 2. The van der Waals surface area contributed by atoms with Crippen LogP contribution in [-0.4, -0.2) is 45.9 Å². The highest BCUT2D eigenvalue weighted by molar-refractivity contribution is 5.93. The van der Waals surface area contributed by atoms with Crippen LogP contribution in [0.2, 0.25) is 0 Å². The highest BCUT2D eigenvalue weighted by atomic mass is 16.5. The number of hydrogen-bond donors (Lipinski definition) is 4. The first-order valence-corrected chi connectivity index (χ1v) is 13.5. The molecule has 0 atom stereocenters. The number of carbonyl (C=O) groups is 1.